The average Bonchev–Trinajstić information content (AvgIpc) is 2.28. The summed E-state index contributed by atoms with van der Waals surface area (Å²) in [5, 5.41) is 9.99. The lowest BCUT2D eigenvalue weighted by molar-refractivity contribution is -0.149. The molecule has 0 spiro atoms. The maximum absolute atomic E-state index is 11.3. The first kappa shape index (κ1) is 13.0. The number of rotatable bonds is 5. The minimum absolute atomic E-state index is 0.562. The van der Waals surface area contributed by atoms with Gasteiger partial charge < -0.3 is 5.11 Å². The molecule has 0 bridgehead atoms. The summed E-state index contributed by atoms with van der Waals surface area (Å²) in [5.74, 6) is -0.715. The second-order valence-corrected chi connectivity index (χ2v) is 4.53. The van der Waals surface area contributed by atoms with E-state index in [0.29, 0.717) is 24.3 Å². The fraction of sp³-hybridized carbons (Fsp3) is 0.462. The fourth-order valence-electron chi connectivity index (χ4n) is 1.87. The molecule has 0 aromatic heterocycles. The van der Waals surface area contributed by atoms with E-state index in [1.165, 1.54) is 0 Å². The smallest absolute Gasteiger partial charge is 0.309 e. The fourth-order valence-corrected chi connectivity index (χ4v) is 2.00. The number of carbonyl (C=O) groups is 1. The monoisotopic (exact) mass is 240 g/mol. The van der Waals surface area contributed by atoms with Crippen LogP contribution in [0.5, 0.6) is 0 Å². The second kappa shape index (κ2) is 5.35. The van der Waals surface area contributed by atoms with Crippen LogP contribution in [0.25, 0.3) is 0 Å². The average molecular weight is 241 g/mol. The Hall–Kier alpha value is -1.02. The van der Waals surface area contributed by atoms with Gasteiger partial charge in [-0.2, -0.15) is 0 Å². The van der Waals surface area contributed by atoms with Gasteiger partial charge in [0.25, 0.3) is 0 Å². The molecule has 0 saturated heterocycles. The highest BCUT2D eigenvalue weighted by atomic mass is 35.5. The first-order valence-electron chi connectivity index (χ1n) is 5.52. The van der Waals surface area contributed by atoms with Gasteiger partial charge in [-0.1, -0.05) is 37.6 Å². The molecule has 0 aliphatic rings. The number of aliphatic carboxylic acids is 1. The minimum Gasteiger partial charge on any atom is -0.481 e. The van der Waals surface area contributed by atoms with Crippen molar-refractivity contribution >= 4 is 17.6 Å². The SMILES string of the molecule is CCC(CC)(Cc1ccc(Cl)cc1)C(=O)O. The van der Waals surface area contributed by atoms with E-state index < -0.39 is 11.4 Å². The highest BCUT2D eigenvalue weighted by molar-refractivity contribution is 6.30. The van der Waals surface area contributed by atoms with E-state index in [4.69, 9.17) is 11.6 Å². The van der Waals surface area contributed by atoms with Crippen LogP contribution in [0.4, 0.5) is 0 Å². The van der Waals surface area contributed by atoms with Gasteiger partial charge in [-0.05, 0) is 37.0 Å². The molecule has 0 aliphatic carbocycles. The molecular weight excluding hydrogens is 224 g/mol. The lowest BCUT2D eigenvalue weighted by Gasteiger charge is -2.26. The Morgan fingerprint density at radius 1 is 1.25 bits per heavy atom. The van der Waals surface area contributed by atoms with E-state index >= 15 is 0 Å². The van der Waals surface area contributed by atoms with Gasteiger partial charge in [0.2, 0.25) is 0 Å². The van der Waals surface area contributed by atoms with Crippen molar-refractivity contribution in [3.05, 3.63) is 34.9 Å². The molecule has 1 aromatic carbocycles. The van der Waals surface area contributed by atoms with Crippen molar-refractivity contribution in [3.63, 3.8) is 0 Å². The molecule has 2 nitrogen and oxygen atoms in total. The highest BCUT2D eigenvalue weighted by Gasteiger charge is 2.34. The normalized spacial score (nSPS) is 11.4. The maximum atomic E-state index is 11.3. The molecule has 0 radical (unpaired) electrons. The molecule has 1 N–H and O–H groups in total. The molecule has 0 heterocycles. The standard InChI is InChI=1S/C13H17ClO2/c1-3-13(4-2,12(15)16)9-10-5-7-11(14)8-6-10/h5-8H,3-4,9H2,1-2H3,(H,15,16). The van der Waals surface area contributed by atoms with Crippen LogP contribution < -0.4 is 0 Å². The van der Waals surface area contributed by atoms with Crippen LogP contribution in [0.3, 0.4) is 0 Å². The van der Waals surface area contributed by atoms with Gasteiger partial charge in [0, 0.05) is 5.02 Å². The van der Waals surface area contributed by atoms with Crippen LogP contribution >= 0.6 is 11.6 Å². The molecule has 0 atom stereocenters. The van der Waals surface area contributed by atoms with Crippen LogP contribution in [-0.4, -0.2) is 11.1 Å². The Bertz CT molecular complexity index is 353. The van der Waals surface area contributed by atoms with Crippen LogP contribution in [0, 0.1) is 5.41 Å². The molecule has 0 fully saturated rings. The van der Waals surface area contributed by atoms with Gasteiger partial charge in [-0.25, -0.2) is 0 Å². The van der Waals surface area contributed by atoms with E-state index in [-0.39, 0.29) is 0 Å². The molecule has 0 saturated carbocycles. The van der Waals surface area contributed by atoms with Gasteiger partial charge in [0.1, 0.15) is 0 Å². The van der Waals surface area contributed by atoms with Gasteiger partial charge in [-0.15, -0.1) is 0 Å². The number of carboxylic acid groups (broad SMARTS) is 1. The van der Waals surface area contributed by atoms with Crippen molar-refractivity contribution in [2.75, 3.05) is 0 Å². The molecule has 1 rings (SSSR count). The molecule has 88 valence electrons. The Morgan fingerprint density at radius 3 is 2.12 bits per heavy atom. The zero-order valence-corrected chi connectivity index (χ0v) is 10.4. The third kappa shape index (κ3) is 2.76. The van der Waals surface area contributed by atoms with E-state index in [1.807, 2.05) is 26.0 Å². The topological polar surface area (TPSA) is 37.3 Å². The van der Waals surface area contributed by atoms with E-state index in [1.54, 1.807) is 12.1 Å². The predicted octanol–water partition coefficient (Wildman–Crippen LogP) is 3.77. The van der Waals surface area contributed by atoms with Crippen LogP contribution in [-0.2, 0) is 11.2 Å². The number of carboxylic acids is 1. The summed E-state index contributed by atoms with van der Waals surface area (Å²) in [4.78, 5) is 11.3. The van der Waals surface area contributed by atoms with Crippen molar-refractivity contribution in [2.24, 2.45) is 5.41 Å². The van der Waals surface area contributed by atoms with Gasteiger partial charge in [-0.3, -0.25) is 4.79 Å². The van der Waals surface area contributed by atoms with E-state index in [0.717, 1.165) is 5.56 Å². The summed E-state index contributed by atoms with van der Waals surface area (Å²) in [7, 11) is 0. The number of benzene rings is 1. The highest BCUT2D eigenvalue weighted by Crippen LogP contribution is 2.31. The van der Waals surface area contributed by atoms with Crippen LogP contribution in [0.2, 0.25) is 5.02 Å². The predicted molar refractivity (Wildman–Crippen MR) is 65.8 cm³/mol. The Labute approximate surface area is 101 Å². The second-order valence-electron chi connectivity index (χ2n) is 4.10. The first-order chi connectivity index (χ1) is 7.54. The lowest BCUT2D eigenvalue weighted by atomic mass is 9.77. The molecule has 0 unspecified atom stereocenters. The van der Waals surface area contributed by atoms with Crippen molar-refractivity contribution in [1.29, 1.82) is 0 Å². The van der Waals surface area contributed by atoms with Crippen molar-refractivity contribution in [3.8, 4) is 0 Å². The molecular formula is C13H17ClO2. The van der Waals surface area contributed by atoms with E-state index in [9.17, 15) is 9.90 Å². The Balaban J connectivity index is 2.91. The summed E-state index contributed by atoms with van der Waals surface area (Å²) in [5.41, 5.74) is 0.379. The van der Waals surface area contributed by atoms with Crippen LogP contribution in [0.15, 0.2) is 24.3 Å². The summed E-state index contributed by atoms with van der Waals surface area (Å²) in [6.07, 6.45) is 1.84. The molecule has 16 heavy (non-hydrogen) atoms. The third-order valence-electron chi connectivity index (χ3n) is 3.26. The summed E-state index contributed by atoms with van der Waals surface area (Å²) in [6, 6.07) is 7.39. The maximum Gasteiger partial charge on any atom is 0.309 e. The van der Waals surface area contributed by atoms with Crippen molar-refractivity contribution in [2.45, 2.75) is 33.1 Å². The van der Waals surface area contributed by atoms with Crippen molar-refractivity contribution < 1.29 is 9.90 Å². The van der Waals surface area contributed by atoms with E-state index in [2.05, 4.69) is 0 Å². The Morgan fingerprint density at radius 2 is 1.75 bits per heavy atom. The molecule has 0 amide bonds. The molecule has 0 aliphatic heterocycles. The number of halogens is 1. The first-order valence-corrected chi connectivity index (χ1v) is 5.89. The Kier molecular flexibility index (Phi) is 4.36. The minimum atomic E-state index is -0.715. The number of hydrogen-bond donors (Lipinski definition) is 1. The molecule has 1 aromatic rings. The molecule has 3 heteroatoms. The summed E-state index contributed by atoms with van der Waals surface area (Å²) < 4.78 is 0. The van der Waals surface area contributed by atoms with Crippen LogP contribution in [0.1, 0.15) is 32.3 Å². The summed E-state index contributed by atoms with van der Waals surface area (Å²) in [6.45, 7) is 3.85. The van der Waals surface area contributed by atoms with Gasteiger partial charge >= 0.3 is 5.97 Å². The third-order valence-corrected chi connectivity index (χ3v) is 3.51. The van der Waals surface area contributed by atoms with Crippen molar-refractivity contribution in [1.82, 2.24) is 0 Å². The number of hydrogen-bond acceptors (Lipinski definition) is 1. The zero-order valence-electron chi connectivity index (χ0n) is 9.66. The lowest BCUT2D eigenvalue weighted by Crippen LogP contribution is -2.32. The summed E-state index contributed by atoms with van der Waals surface area (Å²) >= 11 is 5.80. The van der Waals surface area contributed by atoms with Gasteiger partial charge in [0.15, 0.2) is 0 Å². The largest absolute Gasteiger partial charge is 0.481 e. The zero-order chi connectivity index (χ0) is 12.2. The quantitative estimate of drug-likeness (QED) is 0.851. The van der Waals surface area contributed by atoms with Gasteiger partial charge in [0.05, 0.1) is 5.41 Å².